The lowest BCUT2D eigenvalue weighted by Gasteiger charge is -2.41. The van der Waals surface area contributed by atoms with Gasteiger partial charge in [0.05, 0.1) is 6.42 Å². The van der Waals surface area contributed by atoms with Gasteiger partial charge in [-0.15, -0.1) is 0 Å². The van der Waals surface area contributed by atoms with Gasteiger partial charge in [-0.2, -0.15) is 0 Å². The Morgan fingerprint density at radius 2 is 1.95 bits per heavy atom. The highest BCUT2D eigenvalue weighted by molar-refractivity contribution is 5.68. The molecule has 0 aromatic heterocycles. The molecule has 1 N–H and O–H groups in total. The highest BCUT2D eigenvalue weighted by Gasteiger charge is 2.33. The summed E-state index contributed by atoms with van der Waals surface area (Å²) in [5, 5.41) is 9.06. The van der Waals surface area contributed by atoms with Gasteiger partial charge < -0.3 is 10.0 Å². The SMILES string of the molecule is Cc1cc(C)cc(N2CCCC(C)(CC(=O)O)C2)c1. The zero-order chi connectivity index (χ0) is 14.0. The lowest BCUT2D eigenvalue weighted by Crippen LogP contribution is -2.42. The molecule has 3 nitrogen and oxygen atoms in total. The Balaban J connectivity index is 2.18. The molecule has 0 amide bonds. The molecule has 1 unspecified atom stereocenters. The quantitative estimate of drug-likeness (QED) is 0.906. The van der Waals surface area contributed by atoms with E-state index in [1.165, 1.54) is 16.8 Å². The number of aryl methyl sites for hydroxylation is 2. The lowest BCUT2D eigenvalue weighted by atomic mass is 9.79. The molecule has 1 aliphatic rings. The minimum Gasteiger partial charge on any atom is -0.481 e. The third-order valence-corrected chi connectivity index (χ3v) is 3.93. The van der Waals surface area contributed by atoms with Crippen molar-refractivity contribution < 1.29 is 9.90 Å². The number of aliphatic carboxylic acids is 1. The maximum atomic E-state index is 11.0. The van der Waals surface area contributed by atoms with Crippen LogP contribution in [0.2, 0.25) is 0 Å². The third kappa shape index (κ3) is 3.49. The molecule has 104 valence electrons. The Morgan fingerprint density at radius 1 is 1.32 bits per heavy atom. The highest BCUT2D eigenvalue weighted by Crippen LogP contribution is 2.35. The van der Waals surface area contributed by atoms with E-state index in [-0.39, 0.29) is 11.8 Å². The second kappa shape index (κ2) is 5.24. The summed E-state index contributed by atoms with van der Waals surface area (Å²) in [4.78, 5) is 13.3. The number of carboxylic acid groups (broad SMARTS) is 1. The van der Waals surface area contributed by atoms with Crippen LogP contribution in [0.1, 0.15) is 37.3 Å². The van der Waals surface area contributed by atoms with Crippen LogP contribution < -0.4 is 4.90 Å². The first-order valence-corrected chi connectivity index (χ1v) is 6.93. The Labute approximate surface area is 115 Å². The molecule has 0 radical (unpaired) electrons. The number of hydrogen-bond donors (Lipinski definition) is 1. The van der Waals surface area contributed by atoms with E-state index in [1.54, 1.807) is 0 Å². The summed E-state index contributed by atoms with van der Waals surface area (Å²) >= 11 is 0. The van der Waals surface area contributed by atoms with Gasteiger partial charge in [0.1, 0.15) is 0 Å². The first-order chi connectivity index (χ1) is 8.88. The minimum atomic E-state index is -0.690. The number of rotatable bonds is 3. The van der Waals surface area contributed by atoms with Crippen LogP contribution in [-0.2, 0) is 4.79 Å². The van der Waals surface area contributed by atoms with E-state index in [2.05, 4.69) is 43.9 Å². The van der Waals surface area contributed by atoms with E-state index < -0.39 is 5.97 Å². The van der Waals surface area contributed by atoms with Crippen molar-refractivity contribution in [2.45, 2.75) is 40.0 Å². The first-order valence-electron chi connectivity index (χ1n) is 6.93. The second-order valence-electron chi connectivity index (χ2n) is 6.25. The van der Waals surface area contributed by atoms with Gasteiger partial charge in [0.2, 0.25) is 0 Å². The van der Waals surface area contributed by atoms with E-state index in [9.17, 15) is 4.79 Å². The van der Waals surface area contributed by atoms with Crippen molar-refractivity contribution in [2.24, 2.45) is 5.41 Å². The summed E-state index contributed by atoms with van der Waals surface area (Å²) in [7, 11) is 0. The van der Waals surface area contributed by atoms with Gasteiger partial charge in [-0.25, -0.2) is 0 Å². The van der Waals surface area contributed by atoms with E-state index in [4.69, 9.17) is 5.11 Å². The number of carbonyl (C=O) groups is 1. The van der Waals surface area contributed by atoms with Crippen molar-refractivity contribution in [1.29, 1.82) is 0 Å². The molecule has 19 heavy (non-hydrogen) atoms. The van der Waals surface area contributed by atoms with Crippen LogP contribution in [0.15, 0.2) is 18.2 Å². The molecule has 1 saturated heterocycles. The molecule has 0 spiro atoms. The van der Waals surface area contributed by atoms with Gasteiger partial charge in [-0.05, 0) is 55.4 Å². The van der Waals surface area contributed by atoms with Crippen LogP contribution in [-0.4, -0.2) is 24.2 Å². The molecule has 3 heteroatoms. The van der Waals surface area contributed by atoms with E-state index in [0.717, 1.165) is 25.9 Å². The molecule has 1 aliphatic heterocycles. The van der Waals surface area contributed by atoms with E-state index >= 15 is 0 Å². The molecule has 1 fully saturated rings. The molecule has 0 bridgehead atoms. The normalized spacial score (nSPS) is 23.4. The smallest absolute Gasteiger partial charge is 0.303 e. The number of piperidine rings is 1. The number of hydrogen-bond acceptors (Lipinski definition) is 2. The Bertz CT molecular complexity index is 463. The van der Waals surface area contributed by atoms with Crippen LogP contribution in [0.25, 0.3) is 0 Å². The summed E-state index contributed by atoms with van der Waals surface area (Å²) in [6, 6.07) is 6.56. The maximum Gasteiger partial charge on any atom is 0.303 e. The van der Waals surface area contributed by atoms with E-state index in [0.29, 0.717) is 0 Å². The third-order valence-electron chi connectivity index (χ3n) is 3.93. The Hall–Kier alpha value is -1.51. The number of anilines is 1. The average Bonchev–Trinajstić information content (AvgIpc) is 2.25. The molecule has 1 heterocycles. The molecule has 0 saturated carbocycles. The summed E-state index contributed by atoms with van der Waals surface area (Å²) in [5.74, 6) is -0.690. The van der Waals surface area contributed by atoms with Gasteiger partial charge in [0.25, 0.3) is 0 Å². The summed E-state index contributed by atoms with van der Waals surface area (Å²) in [6.07, 6.45) is 2.33. The maximum absolute atomic E-state index is 11.0. The Kier molecular flexibility index (Phi) is 3.83. The van der Waals surface area contributed by atoms with Crippen molar-refractivity contribution in [3.8, 4) is 0 Å². The van der Waals surface area contributed by atoms with Crippen LogP contribution in [0.3, 0.4) is 0 Å². The van der Waals surface area contributed by atoms with Crippen LogP contribution >= 0.6 is 0 Å². The zero-order valence-electron chi connectivity index (χ0n) is 12.1. The summed E-state index contributed by atoms with van der Waals surface area (Å²) in [5.41, 5.74) is 3.65. The van der Waals surface area contributed by atoms with Crippen molar-refractivity contribution in [3.63, 3.8) is 0 Å². The average molecular weight is 261 g/mol. The van der Waals surface area contributed by atoms with Crippen molar-refractivity contribution >= 4 is 11.7 Å². The molecule has 2 rings (SSSR count). The molecular weight excluding hydrogens is 238 g/mol. The largest absolute Gasteiger partial charge is 0.481 e. The van der Waals surface area contributed by atoms with Gasteiger partial charge >= 0.3 is 5.97 Å². The number of carboxylic acids is 1. The second-order valence-corrected chi connectivity index (χ2v) is 6.25. The van der Waals surface area contributed by atoms with Gasteiger partial charge in [-0.1, -0.05) is 13.0 Å². The summed E-state index contributed by atoms with van der Waals surface area (Å²) in [6.45, 7) is 8.17. The monoisotopic (exact) mass is 261 g/mol. The predicted octanol–water partition coefficient (Wildman–Crippen LogP) is 3.38. The van der Waals surface area contributed by atoms with Gasteiger partial charge in [-0.3, -0.25) is 4.79 Å². The fourth-order valence-electron chi connectivity index (χ4n) is 3.18. The van der Waals surface area contributed by atoms with Crippen LogP contribution in [0.5, 0.6) is 0 Å². The van der Waals surface area contributed by atoms with Crippen LogP contribution in [0, 0.1) is 19.3 Å². The molecule has 1 aromatic rings. The topological polar surface area (TPSA) is 40.5 Å². The molecule has 1 aromatic carbocycles. The fourth-order valence-corrected chi connectivity index (χ4v) is 3.18. The zero-order valence-corrected chi connectivity index (χ0v) is 12.1. The van der Waals surface area contributed by atoms with E-state index in [1.807, 2.05) is 0 Å². The number of benzene rings is 1. The van der Waals surface area contributed by atoms with Crippen molar-refractivity contribution in [2.75, 3.05) is 18.0 Å². The molecule has 0 aliphatic carbocycles. The fraction of sp³-hybridized carbons (Fsp3) is 0.562. The minimum absolute atomic E-state index is 0.109. The van der Waals surface area contributed by atoms with Gasteiger partial charge in [0.15, 0.2) is 0 Å². The molecular formula is C16H23NO2. The first kappa shape index (κ1) is 13.9. The van der Waals surface area contributed by atoms with Crippen molar-refractivity contribution in [1.82, 2.24) is 0 Å². The van der Waals surface area contributed by atoms with Crippen molar-refractivity contribution in [3.05, 3.63) is 29.3 Å². The highest BCUT2D eigenvalue weighted by atomic mass is 16.4. The number of nitrogens with zero attached hydrogens (tertiary/aromatic N) is 1. The summed E-state index contributed by atoms with van der Waals surface area (Å²) < 4.78 is 0. The van der Waals surface area contributed by atoms with Gasteiger partial charge in [0, 0.05) is 18.8 Å². The Morgan fingerprint density at radius 3 is 2.53 bits per heavy atom. The van der Waals surface area contributed by atoms with Crippen LogP contribution in [0.4, 0.5) is 5.69 Å². The standard InChI is InChI=1S/C16H23NO2/c1-12-7-13(2)9-14(8-12)17-6-4-5-16(3,11-17)10-15(18)19/h7-9H,4-6,10-11H2,1-3H3,(H,18,19). The molecule has 1 atom stereocenters. The lowest BCUT2D eigenvalue weighted by molar-refractivity contribution is -0.139. The predicted molar refractivity (Wildman–Crippen MR) is 77.7 cm³/mol.